The lowest BCUT2D eigenvalue weighted by atomic mass is 9.82. The normalized spacial score (nSPS) is 27.8. The highest BCUT2D eigenvalue weighted by atomic mass is 16.5. The van der Waals surface area contributed by atoms with E-state index in [1.54, 1.807) is 55.5 Å². The summed E-state index contributed by atoms with van der Waals surface area (Å²) >= 11 is 0. The highest BCUT2D eigenvalue weighted by Gasteiger charge is 2.61. The maximum atomic E-state index is 13.3. The third-order valence-corrected chi connectivity index (χ3v) is 6.72. The second-order valence-electron chi connectivity index (χ2n) is 8.44. The van der Waals surface area contributed by atoms with Gasteiger partial charge in [-0.1, -0.05) is 54.1 Å². The summed E-state index contributed by atoms with van der Waals surface area (Å²) in [6, 6.07) is 15.9. The summed E-state index contributed by atoms with van der Waals surface area (Å²) in [6.07, 6.45) is 2.30. The summed E-state index contributed by atoms with van der Waals surface area (Å²) < 4.78 is 5.97. The number of allylic oxidation sites excluding steroid dienone is 2. The molecule has 5 atom stereocenters. The molecule has 1 heterocycles. The quantitative estimate of drug-likeness (QED) is 0.431. The van der Waals surface area contributed by atoms with Crippen molar-refractivity contribution in [3.63, 3.8) is 0 Å². The number of rotatable bonds is 5. The second kappa shape index (κ2) is 6.94. The Labute approximate surface area is 175 Å². The van der Waals surface area contributed by atoms with E-state index in [0.717, 1.165) is 6.42 Å². The first-order valence-electron chi connectivity index (χ1n) is 10.4. The van der Waals surface area contributed by atoms with Crippen LogP contribution in [0.5, 0.6) is 5.75 Å². The van der Waals surface area contributed by atoms with Gasteiger partial charge in [0.05, 0.1) is 17.5 Å². The van der Waals surface area contributed by atoms with Gasteiger partial charge in [-0.15, -0.1) is 0 Å². The number of nitrogens with zero attached hydrogens (tertiary/aromatic N) is 1. The lowest BCUT2D eigenvalue weighted by molar-refractivity contribution is -0.123. The number of imide groups is 1. The number of carbonyl (C=O) groups excluding carboxylic acids is 3. The molecule has 3 aliphatic rings. The van der Waals surface area contributed by atoms with Crippen LogP contribution in [0.2, 0.25) is 0 Å². The van der Waals surface area contributed by atoms with Gasteiger partial charge in [0.1, 0.15) is 5.75 Å². The molecule has 1 saturated heterocycles. The molecule has 0 aromatic heterocycles. The molecule has 1 aliphatic heterocycles. The van der Waals surface area contributed by atoms with E-state index in [4.69, 9.17) is 4.74 Å². The third kappa shape index (κ3) is 2.72. The van der Waals surface area contributed by atoms with Crippen molar-refractivity contribution in [2.75, 3.05) is 4.90 Å². The summed E-state index contributed by atoms with van der Waals surface area (Å²) in [7, 11) is 0. The Kier molecular flexibility index (Phi) is 4.35. The van der Waals surface area contributed by atoms with Crippen LogP contribution in [0.15, 0.2) is 66.2 Å². The van der Waals surface area contributed by atoms with Gasteiger partial charge in [0.2, 0.25) is 17.6 Å². The lowest BCUT2D eigenvalue weighted by Crippen LogP contribution is -2.34. The monoisotopic (exact) mass is 401 g/mol. The molecule has 5 nitrogen and oxygen atoms in total. The van der Waals surface area contributed by atoms with Gasteiger partial charge in [-0.2, -0.15) is 0 Å². The van der Waals surface area contributed by atoms with Gasteiger partial charge in [-0.25, -0.2) is 4.90 Å². The van der Waals surface area contributed by atoms with Crippen molar-refractivity contribution in [1.82, 2.24) is 0 Å². The van der Waals surface area contributed by atoms with Crippen molar-refractivity contribution in [2.45, 2.75) is 26.4 Å². The zero-order chi connectivity index (χ0) is 21.0. The molecule has 2 aromatic carbocycles. The van der Waals surface area contributed by atoms with Crippen molar-refractivity contribution in [1.29, 1.82) is 0 Å². The van der Waals surface area contributed by atoms with Gasteiger partial charge in [0.25, 0.3) is 0 Å². The molecule has 0 radical (unpaired) electrons. The van der Waals surface area contributed by atoms with Crippen LogP contribution < -0.4 is 9.64 Å². The Morgan fingerprint density at radius 2 is 1.67 bits per heavy atom. The number of ketones is 1. The van der Waals surface area contributed by atoms with Crippen LogP contribution >= 0.6 is 0 Å². The lowest BCUT2D eigenvalue weighted by Gasteiger charge is -2.22. The predicted molar refractivity (Wildman–Crippen MR) is 112 cm³/mol. The maximum absolute atomic E-state index is 13.3. The molecule has 2 amide bonds. The first kappa shape index (κ1) is 18.8. The molecular formula is C25H23NO4. The van der Waals surface area contributed by atoms with Crippen LogP contribution in [0.1, 0.15) is 30.6 Å². The Hall–Kier alpha value is -3.21. The molecular weight excluding hydrogens is 378 g/mol. The zero-order valence-electron chi connectivity index (χ0n) is 16.9. The minimum Gasteiger partial charge on any atom is -0.480 e. The van der Waals surface area contributed by atoms with E-state index >= 15 is 0 Å². The van der Waals surface area contributed by atoms with E-state index < -0.39 is 6.10 Å². The van der Waals surface area contributed by atoms with E-state index in [1.807, 2.05) is 6.07 Å². The number of fused-ring (bicyclic) bond motifs is 5. The molecule has 0 spiro atoms. The smallest absolute Gasteiger partial charge is 0.238 e. The van der Waals surface area contributed by atoms with E-state index in [9.17, 15) is 14.4 Å². The zero-order valence-corrected chi connectivity index (χ0v) is 16.9. The van der Waals surface area contributed by atoms with Crippen molar-refractivity contribution < 1.29 is 19.1 Å². The number of ether oxygens (including phenoxy) is 1. The number of benzene rings is 2. The minimum atomic E-state index is -0.749. The van der Waals surface area contributed by atoms with E-state index in [2.05, 4.69) is 13.0 Å². The van der Waals surface area contributed by atoms with Gasteiger partial charge in [-0.3, -0.25) is 14.4 Å². The molecule has 0 N–H and O–H groups in total. The fourth-order valence-electron chi connectivity index (χ4n) is 5.33. The molecule has 2 fully saturated rings. The largest absolute Gasteiger partial charge is 0.480 e. The van der Waals surface area contributed by atoms with Crippen LogP contribution in [0.3, 0.4) is 0 Å². The van der Waals surface area contributed by atoms with Crippen LogP contribution in [0.4, 0.5) is 5.69 Å². The Bertz CT molecular complexity index is 1070. The topological polar surface area (TPSA) is 63.7 Å². The first-order valence-corrected chi connectivity index (χ1v) is 10.4. The van der Waals surface area contributed by atoms with E-state index in [-0.39, 0.29) is 41.3 Å². The Morgan fingerprint density at radius 3 is 2.43 bits per heavy atom. The molecule has 2 bridgehead atoms. The van der Waals surface area contributed by atoms with Crippen molar-refractivity contribution >= 4 is 23.3 Å². The SMILES string of the molecule is CC1=C[C@H]2C[C@H]1[C@@H]1C(=O)N(c3ccccc3O[C@H](C)C(=O)c3ccccc3)C(=O)[C@H]12. The summed E-state index contributed by atoms with van der Waals surface area (Å²) in [5.41, 5.74) is 2.20. The molecule has 2 aromatic rings. The third-order valence-electron chi connectivity index (χ3n) is 6.72. The standard InChI is InChI=1S/C25H23NO4/c1-14-12-17-13-18(14)22-21(17)24(28)26(25(22)29)19-10-6-7-11-20(19)30-15(2)23(27)16-8-4-3-5-9-16/h3-12,15,17-18,21-22H,13H2,1-2H3/t15-,17+,18-,21+,22+/m1/s1. The molecule has 0 unspecified atom stereocenters. The summed E-state index contributed by atoms with van der Waals surface area (Å²) in [6.45, 7) is 3.73. The Morgan fingerprint density at radius 1 is 1.00 bits per heavy atom. The van der Waals surface area contributed by atoms with Crippen LogP contribution in [0.25, 0.3) is 0 Å². The highest BCUT2D eigenvalue weighted by Crippen LogP contribution is 2.56. The van der Waals surface area contributed by atoms with Crippen LogP contribution in [-0.2, 0) is 9.59 Å². The van der Waals surface area contributed by atoms with Crippen molar-refractivity contribution in [3.8, 4) is 5.75 Å². The molecule has 30 heavy (non-hydrogen) atoms. The minimum absolute atomic E-state index is 0.146. The number of hydrogen-bond donors (Lipinski definition) is 0. The van der Waals surface area contributed by atoms with Gasteiger partial charge >= 0.3 is 0 Å². The van der Waals surface area contributed by atoms with Gasteiger partial charge in [0, 0.05) is 5.56 Å². The first-order chi connectivity index (χ1) is 14.5. The summed E-state index contributed by atoms with van der Waals surface area (Å²) in [4.78, 5) is 40.5. The van der Waals surface area contributed by atoms with Crippen molar-refractivity contribution in [2.24, 2.45) is 23.7 Å². The number of carbonyl (C=O) groups is 3. The second-order valence-corrected chi connectivity index (χ2v) is 8.44. The van der Waals surface area contributed by atoms with E-state index in [0.29, 0.717) is 17.0 Å². The Balaban J connectivity index is 1.43. The number of amides is 2. The van der Waals surface area contributed by atoms with Crippen LogP contribution in [-0.4, -0.2) is 23.7 Å². The summed E-state index contributed by atoms with van der Waals surface area (Å²) in [5, 5.41) is 0. The van der Waals surface area contributed by atoms with Crippen molar-refractivity contribution in [3.05, 3.63) is 71.8 Å². The van der Waals surface area contributed by atoms with Gasteiger partial charge < -0.3 is 4.74 Å². The molecule has 152 valence electrons. The molecule has 5 heteroatoms. The number of hydrogen-bond acceptors (Lipinski definition) is 4. The fraction of sp³-hybridized carbons (Fsp3) is 0.320. The van der Waals surface area contributed by atoms with Gasteiger partial charge in [-0.05, 0) is 44.2 Å². The maximum Gasteiger partial charge on any atom is 0.238 e. The van der Waals surface area contributed by atoms with Crippen LogP contribution in [0, 0.1) is 23.7 Å². The molecule has 1 saturated carbocycles. The molecule has 5 rings (SSSR count). The number of anilines is 1. The number of Topliss-reactive ketones (excluding diaryl/α,β-unsaturated/α-hetero) is 1. The highest BCUT2D eigenvalue weighted by molar-refractivity contribution is 6.23. The van der Waals surface area contributed by atoms with E-state index in [1.165, 1.54) is 10.5 Å². The average Bonchev–Trinajstić information content (AvgIpc) is 3.39. The molecule has 2 aliphatic carbocycles. The predicted octanol–water partition coefficient (Wildman–Crippen LogP) is 4.04. The number of para-hydroxylation sites is 2. The fourth-order valence-corrected chi connectivity index (χ4v) is 5.33. The summed E-state index contributed by atoms with van der Waals surface area (Å²) in [5.74, 6) is -0.331. The average molecular weight is 401 g/mol. The van der Waals surface area contributed by atoms with Gasteiger partial charge in [0.15, 0.2) is 6.10 Å².